The van der Waals surface area contributed by atoms with Crippen LogP contribution in [0.25, 0.3) is 10.9 Å². The first-order chi connectivity index (χ1) is 17.5. The van der Waals surface area contributed by atoms with E-state index in [2.05, 4.69) is 5.32 Å². The minimum Gasteiger partial charge on any atom is -0.457 e. The molecule has 0 saturated heterocycles. The number of ether oxygens (including phenoxy) is 1. The lowest BCUT2D eigenvalue weighted by molar-refractivity contribution is -0.116. The van der Waals surface area contributed by atoms with E-state index in [1.807, 2.05) is 60.7 Å². The second-order valence-corrected chi connectivity index (χ2v) is 10.3. The van der Waals surface area contributed by atoms with Crippen molar-refractivity contribution in [2.45, 2.75) is 17.2 Å². The summed E-state index contributed by atoms with van der Waals surface area (Å²) >= 11 is 0. The molecule has 0 unspecified atom stereocenters. The molecule has 1 amide bonds. The third kappa shape index (κ3) is 5.31. The Hall–Kier alpha value is -4.36. The maximum Gasteiger partial charge on any atom is 0.244 e. The van der Waals surface area contributed by atoms with Crippen LogP contribution in [-0.2, 0) is 26.9 Å². The first-order valence-corrected chi connectivity index (χ1v) is 13.1. The summed E-state index contributed by atoms with van der Waals surface area (Å²) in [4.78, 5) is 13.1. The van der Waals surface area contributed by atoms with Crippen molar-refractivity contribution >= 4 is 32.3 Å². The number of nitrogens with one attached hydrogen (secondary N) is 1. The number of fused-ring (bicyclic) bond motifs is 1. The Bertz CT molecular complexity index is 1590. The number of hydrogen-bond acceptors (Lipinski definition) is 4. The first-order valence-electron chi connectivity index (χ1n) is 11.5. The SMILES string of the molecule is O=C(Cn1cc(S(=O)(=O)Cc2ccccc2)c2ccccc21)Nc1ccc(Oc2ccccc2)cc1. The molecular formula is C29H24N2O4S. The van der Waals surface area contributed by atoms with Crippen molar-refractivity contribution in [2.75, 3.05) is 5.32 Å². The first kappa shape index (κ1) is 23.4. The number of sulfone groups is 1. The van der Waals surface area contributed by atoms with Crippen molar-refractivity contribution in [3.8, 4) is 11.5 Å². The van der Waals surface area contributed by atoms with E-state index in [0.29, 0.717) is 27.9 Å². The van der Waals surface area contributed by atoms with Crippen LogP contribution in [0.1, 0.15) is 5.56 Å². The van der Waals surface area contributed by atoms with E-state index in [4.69, 9.17) is 4.74 Å². The van der Waals surface area contributed by atoms with E-state index in [1.54, 1.807) is 59.3 Å². The lowest BCUT2D eigenvalue weighted by atomic mass is 10.2. The third-order valence-electron chi connectivity index (χ3n) is 5.72. The van der Waals surface area contributed by atoms with Crippen LogP contribution < -0.4 is 10.1 Å². The molecule has 6 nitrogen and oxygen atoms in total. The Morgan fingerprint density at radius 1 is 0.750 bits per heavy atom. The molecule has 5 rings (SSSR count). The number of carbonyl (C=O) groups excluding carboxylic acids is 1. The maximum atomic E-state index is 13.2. The highest BCUT2D eigenvalue weighted by Crippen LogP contribution is 2.28. The van der Waals surface area contributed by atoms with Crippen LogP contribution in [0.4, 0.5) is 5.69 Å². The van der Waals surface area contributed by atoms with Crippen LogP contribution in [0.2, 0.25) is 0 Å². The Morgan fingerprint density at radius 3 is 2.08 bits per heavy atom. The van der Waals surface area contributed by atoms with Gasteiger partial charge in [0.25, 0.3) is 0 Å². The number of rotatable bonds is 8. The monoisotopic (exact) mass is 496 g/mol. The lowest BCUT2D eigenvalue weighted by Gasteiger charge is -2.09. The summed E-state index contributed by atoms with van der Waals surface area (Å²) in [6, 6.07) is 32.8. The molecule has 5 aromatic rings. The average molecular weight is 497 g/mol. The minimum absolute atomic E-state index is 0.0242. The van der Waals surface area contributed by atoms with Crippen LogP contribution in [0.5, 0.6) is 11.5 Å². The Balaban J connectivity index is 1.32. The van der Waals surface area contributed by atoms with Crippen molar-refractivity contribution in [3.05, 3.63) is 121 Å². The largest absolute Gasteiger partial charge is 0.457 e. The maximum absolute atomic E-state index is 13.2. The van der Waals surface area contributed by atoms with E-state index in [1.165, 1.54) is 0 Å². The van der Waals surface area contributed by atoms with E-state index in [9.17, 15) is 13.2 Å². The fraction of sp³-hybridized carbons (Fsp3) is 0.0690. The van der Waals surface area contributed by atoms with Crippen molar-refractivity contribution in [1.29, 1.82) is 0 Å². The number of benzene rings is 4. The second-order valence-electron chi connectivity index (χ2n) is 8.37. The molecule has 4 aromatic carbocycles. The molecular weight excluding hydrogens is 472 g/mol. The molecule has 1 N–H and O–H groups in total. The Kier molecular flexibility index (Phi) is 6.56. The van der Waals surface area contributed by atoms with Gasteiger partial charge in [0.1, 0.15) is 18.0 Å². The molecule has 0 aliphatic rings. The zero-order valence-corrected chi connectivity index (χ0v) is 20.2. The van der Waals surface area contributed by atoms with E-state index >= 15 is 0 Å². The lowest BCUT2D eigenvalue weighted by Crippen LogP contribution is -2.18. The molecule has 0 atom stereocenters. The standard InChI is InChI=1S/C29H24N2O4S/c32-29(30-23-15-17-25(18-16-23)35-24-11-5-2-6-12-24)20-31-19-28(26-13-7-8-14-27(26)31)36(33,34)21-22-9-3-1-4-10-22/h1-19H,20-21H2,(H,30,32). The van der Waals surface area contributed by atoms with Gasteiger partial charge < -0.3 is 14.6 Å². The third-order valence-corrected chi connectivity index (χ3v) is 7.43. The van der Waals surface area contributed by atoms with Gasteiger partial charge in [0.05, 0.1) is 10.6 Å². The molecule has 36 heavy (non-hydrogen) atoms. The van der Waals surface area contributed by atoms with Crippen LogP contribution in [0.3, 0.4) is 0 Å². The highest BCUT2D eigenvalue weighted by Gasteiger charge is 2.22. The van der Waals surface area contributed by atoms with Gasteiger partial charge in [-0.2, -0.15) is 0 Å². The van der Waals surface area contributed by atoms with Crippen LogP contribution in [0, 0.1) is 0 Å². The molecule has 0 fully saturated rings. The number of amides is 1. The molecule has 0 saturated carbocycles. The van der Waals surface area contributed by atoms with Crippen LogP contribution in [0.15, 0.2) is 120 Å². The predicted molar refractivity (Wildman–Crippen MR) is 141 cm³/mol. The van der Waals surface area contributed by atoms with Crippen molar-refractivity contribution < 1.29 is 17.9 Å². The van der Waals surface area contributed by atoms with Crippen molar-refractivity contribution in [3.63, 3.8) is 0 Å². The summed E-state index contributed by atoms with van der Waals surface area (Å²) < 4.78 is 33.9. The zero-order chi connectivity index (χ0) is 25.0. The van der Waals surface area contributed by atoms with Crippen LogP contribution in [-0.4, -0.2) is 18.9 Å². The molecule has 0 aliphatic heterocycles. The van der Waals surface area contributed by atoms with E-state index in [0.717, 1.165) is 5.75 Å². The van der Waals surface area contributed by atoms with Gasteiger partial charge >= 0.3 is 0 Å². The van der Waals surface area contributed by atoms with Gasteiger partial charge in [0, 0.05) is 22.8 Å². The Morgan fingerprint density at radius 2 is 1.36 bits per heavy atom. The second kappa shape index (κ2) is 10.1. The summed E-state index contributed by atoms with van der Waals surface area (Å²) in [5.74, 6) is 1.01. The smallest absolute Gasteiger partial charge is 0.244 e. The number of carbonyl (C=O) groups is 1. The number of para-hydroxylation sites is 2. The quantitative estimate of drug-likeness (QED) is 0.284. The summed E-state index contributed by atoms with van der Waals surface area (Å²) in [7, 11) is -3.61. The molecule has 1 heterocycles. The molecule has 1 aromatic heterocycles. The van der Waals surface area contributed by atoms with Gasteiger partial charge in [-0.05, 0) is 48.0 Å². The number of aromatic nitrogens is 1. The van der Waals surface area contributed by atoms with Crippen molar-refractivity contribution in [1.82, 2.24) is 4.57 Å². The zero-order valence-electron chi connectivity index (χ0n) is 19.4. The molecule has 0 bridgehead atoms. The molecule has 0 radical (unpaired) electrons. The van der Waals surface area contributed by atoms with Gasteiger partial charge in [-0.1, -0.05) is 66.7 Å². The van der Waals surface area contributed by atoms with E-state index in [-0.39, 0.29) is 23.1 Å². The fourth-order valence-electron chi connectivity index (χ4n) is 4.05. The van der Waals surface area contributed by atoms with Gasteiger partial charge in [-0.3, -0.25) is 4.79 Å². The van der Waals surface area contributed by atoms with Gasteiger partial charge in [-0.25, -0.2) is 8.42 Å². The highest BCUT2D eigenvalue weighted by atomic mass is 32.2. The van der Waals surface area contributed by atoms with Gasteiger partial charge in [-0.15, -0.1) is 0 Å². The molecule has 0 aliphatic carbocycles. The molecule has 0 spiro atoms. The van der Waals surface area contributed by atoms with Crippen LogP contribution >= 0.6 is 0 Å². The van der Waals surface area contributed by atoms with E-state index < -0.39 is 9.84 Å². The van der Waals surface area contributed by atoms with Gasteiger partial charge in [0.2, 0.25) is 5.91 Å². The van der Waals surface area contributed by atoms with Crippen molar-refractivity contribution in [2.24, 2.45) is 0 Å². The molecule has 180 valence electrons. The number of nitrogens with zero attached hydrogens (tertiary/aromatic N) is 1. The summed E-state index contributed by atoms with van der Waals surface area (Å²) in [6.07, 6.45) is 1.55. The summed E-state index contributed by atoms with van der Waals surface area (Å²) in [6.45, 7) is -0.0242. The van der Waals surface area contributed by atoms with Gasteiger partial charge in [0.15, 0.2) is 9.84 Å². The number of hydrogen-bond donors (Lipinski definition) is 1. The normalized spacial score (nSPS) is 11.3. The summed E-state index contributed by atoms with van der Waals surface area (Å²) in [5, 5.41) is 3.47. The number of anilines is 1. The Labute approximate surface area is 209 Å². The topological polar surface area (TPSA) is 77.4 Å². The average Bonchev–Trinajstić information content (AvgIpc) is 3.25. The summed E-state index contributed by atoms with van der Waals surface area (Å²) in [5.41, 5.74) is 2.02. The highest BCUT2D eigenvalue weighted by molar-refractivity contribution is 7.90. The molecule has 7 heteroatoms. The minimum atomic E-state index is -3.61. The predicted octanol–water partition coefficient (Wildman–Crippen LogP) is 6.05. The fourth-order valence-corrected chi connectivity index (χ4v) is 5.63.